The lowest BCUT2D eigenvalue weighted by molar-refractivity contribution is -0.105. The normalized spacial score (nSPS) is 15.2. The number of carbonyl (C=O) groups is 1. The van der Waals surface area contributed by atoms with Gasteiger partial charge in [-0.3, -0.25) is 4.79 Å². The average Bonchev–Trinajstić information content (AvgIpc) is 2.39. The Morgan fingerprint density at radius 3 is 2.60 bits per heavy atom. The van der Waals surface area contributed by atoms with Gasteiger partial charge in [-0.15, -0.1) is 0 Å². The van der Waals surface area contributed by atoms with E-state index in [-0.39, 0.29) is 6.61 Å². The van der Waals surface area contributed by atoms with Gasteiger partial charge in [0.15, 0.2) is 0 Å². The van der Waals surface area contributed by atoms with Gasteiger partial charge in [0, 0.05) is 6.61 Å². The highest BCUT2D eigenvalue weighted by Gasteiger charge is 1.99. The van der Waals surface area contributed by atoms with Crippen molar-refractivity contribution < 1.29 is 9.90 Å². The summed E-state index contributed by atoms with van der Waals surface area (Å²) in [5.41, 5.74) is 0.986. The number of rotatable bonds is 1. The Hall–Kier alpha value is -0.630. The first-order chi connectivity index (χ1) is 4.85. The van der Waals surface area contributed by atoms with Gasteiger partial charge in [0.25, 0.3) is 0 Å². The van der Waals surface area contributed by atoms with Gasteiger partial charge in [-0.2, -0.15) is 0 Å². The molecule has 1 aliphatic rings. The third-order valence-corrected chi connectivity index (χ3v) is 1.23. The molecule has 10 heavy (non-hydrogen) atoms. The third kappa shape index (κ3) is 4.27. The second-order valence-electron chi connectivity index (χ2n) is 2.11. The third-order valence-electron chi connectivity index (χ3n) is 1.23. The minimum Gasteiger partial charge on any atom is -0.397 e. The van der Waals surface area contributed by atoms with E-state index in [2.05, 4.69) is 0 Å². The molecule has 0 aromatic rings. The molecular formula is C8H14O2. The van der Waals surface area contributed by atoms with Crippen LogP contribution in [-0.4, -0.2) is 18.0 Å². The summed E-state index contributed by atoms with van der Waals surface area (Å²) in [6.07, 6.45) is 6.24. The van der Waals surface area contributed by atoms with E-state index < -0.39 is 0 Å². The Balaban J connectivity index is 0.000000236. The molecule has 2 nitrogen and oxygen atoms in total. The zero-order chi connectivity index (χ0) is 7.82. The van der Waals surface area contributed by atoms with Crippen molar-refractivity contribution in [1.29, 1.82) is 0 Å². The van der Waals surface area contributed by atoms with Crippen LogP contribution in [-0.2, 0) is 4.79 Å². The second kappa shape index (κ2) is 6.49. The molecule has 0 aromatic heterocycles. The number of aldehydes is 1. The van der Waals surface area contributed by atoms with Crippen LogP contribution in [0.5, 0.6) is 0 Å². The maximum atomic E-state index is 9.94. The molecule has 58 valence electrons. The highest BCUT2D eigenvalue weighted by molar-refractivity contribution is 5.73. The molecule has 0 amide bonds. The van der Waals surface area contributed by atoms with Gasteiger partial charge >= 0.3 is 0 Å². The predicted molar refractivity (Wildman–Crippen MR) is 40.8 cm³/mol. The lowest BCUT2D eigenvalue weighted by Crippen LogP contribution is -1.73. The van der Waals surface area contributed by atoms with Crippen LogP contribution in [0.2, 0.25) is 0 Å². The first-order valence-corrected chi connectivity index (χ1v) is 3.60. The Morgan fingerprint density at radius 2 is 2.40 bits per heavy atom. The van der Waals surface area contributed by atoms with Crippen LogP contribution in [0.15, 0.2) is 11.6 Å². The van der Waals surface area contributed by atoms with Crippen LogP contribution >= 0.6 is 0 Å². The molecule has 0 atom stereocenters. The van der Waals surface area contributed by atoms with Gasteiger partial charge in [-0.05, 0) is 31.8 Å². The fraction of sp³-hybridized carbons (Fsp3) is 0.625. The lowest BCUT2D eigenvalue weighted by Gasteiger charge is -1.79. The molecule has 0 aromatic carbocycles. The van der Waals surface area contributed by atoms with Crippen molar-refractivity contribution in [3.05, 3.63) is 11.6 Å². The fourth-order valence-electron chi connectivity index (χ4n) is 0.803. The van der Waals surface area contributed by atoms with Crippen LogP contribution < -0.4 is 0 Å². The average molecular weight is 142 g/mol. The molecule has 0 saturated carbocycles. The highest BCUT2D eigenvalue weighted by atomic mass is 16.2. The number of carbonyl (C=O) groups excluding carboxylic acids is 1. The zero-order valence-corrected chi connectivity index (χ0v) is 6.34. The molecule has 0 spiro atoms. The fourth-order valence-corrected chi connectivity index (χ4v) is 0.803. The number of hydrogen-bond acceptors (Lipinski definition) is 2. The molecule has 0 bridgehead atoms. The number of aliphatic hydroxyl groups is 1. The van der Waals surface area contributed by atoms with Crippen molar-refractivity contribution in [2.45, 2.75) is 26.2 Å². The van der Waals surface area contributed by atoms with E-state index in [4.69, 9.17) is 5.11 Å². The van der Waals surface area contributed by atoms with E-state index in [1.54, 1.807) is 6.92 Å². The minimum atomic E-state index is 0.250. The Morgan fingerprint density at radius 1 is 1.80 bits per heavy atom. The predicted octanol–water partition coefficient (Wildman–Crippen LogP) is 1.29. The molecule has 0 aliphatic heterocycles. The summed E-state index contributed by atoms with van der Waals surface area (Å²) < 4.78 is 0. The summed E-state index contributed by atoms with van der Waals surface area (Å²) in [4.78, 5) is 9.94. The van der Waals surface area contributed by atoms with Crippen LogP contribution in [0.25, 0.3) is 0 Å². The maximum Gasteiger partial charge on any atom is 0.145 e. The Bertz CT molecular complexity index is 116. The largest absolute Gasteiger partial charge is 0.397 e. The minimum absolute atomic E-state index is 0.250. The summed E-state index contributed by atoms with van der Waals surface area (Å²) in [7, 11) is 0. The number of hydrogen-bond donors (Lipinski definition) is 1. The standard InChI is InChI=1S/C6H8O.C2H6O/c7-5-6-3-1-2-4-6;1-2-3/h3,5H,1-2,4H2;3H,2H2,1H3. The summed E-state index contributed by atoms with van der Waals surface area (Å²) >= 11 is 0. The Labute approximate surface area is 61.6 Å². The van der Waals surface area contributed by atoms with E-state index in [0.717, 1.165) is 24.7 Å². The molecule has 1 N–H and O–H groups in total. The van der Waals surface area contributed by atoms with Gasteiger partial charge in [0.05, 0.1) is 0 Å². The van der Waals surface area contributed by atoms with Crippen molar-refractivity contribution in [3.8, 4) is 0 Å². The molecule has 0 saturated heterocycles. The first-order valence-electron chi connectivity index (χ1n) is 3.60. The van der Waals surface area contributed by atoms with Crippen molar-refractivity contribution >= 4 is 6.29 Å². The van der Waals surface area contributed by atoms with Gasteiger partial charge in [0.2, 0.25) is 0 Å². The van der Waals surface area contributed by atoms with Gasteiger partial charge in [-0.25, -0.2) is 0 Å². The quantitative estimate of drug-likeness (QED) is 0.560. The molecule has 1 rings (SSSR count). The van der Waals surface area contributed by atoms with Crippen molar-refractivity contribution in [3.63, 3.8) is 0 Å². The molecule has 0 radical (unpaired) electrons. The molecule has 2 heteroatoms. The first kappa shape index (κ1) is 9.37. The molecular weight excluding hydrogens is 128 g/mol. The van der Waals surface area contributed by atoms with Crippen LogP contribution in [0.3, 0.4) is 0 Å². The number of allylic oxidation sites excluding steroid dienone is 2. The smallest absolute Gasteiger partial charge is 0.145 e. The van der Waals surface area contributed by atoms with Crippen molar-refractivity contribution in [2.24, 2.45) is 0 Å². The highest BCUT2D eigenvalue weighted by Crippen LogP contribution is 2.14. The maximum absolute atomic E-state index is 9.94. The summed E-state index contributed by atoms with van der Waals surface area (Å²) in [5, 5.41) is 7.57. The molecule has 1 aliphatic carbocycles. The SMILES string of the molecule is CCO.O=CC1=CCCC1. The Kier molecular flexibility index (Phi) is 6.08. The zero-order valence-electron chi connectivity index (χ0n) is 6.34. The summed E-state index contributed by atoms with van der Waals surface area (Å²) in [6, 6.07) is 0. The van der Waals surface area contributed by atoms with Gasteiger partial charge < -0.3 is 5.11 Å². The summed E-state index contributed by atoms with van der Waals surface area (Å²) in [5.74, 6) is 0. The van der Waals surface area contributed by atoms with E-state index in [9.17, 15) is 4.79 Å². The lowest BCUT2D eigenvalue weighted by atomic mass is 10.3. The van der Waals surface area contributed by atoms with Gasteiger partial charge in [-0.1, -0.05) is 6.08 Å². The summed E-state index contributed by atoms with van der Waals surface area (Å²) in [6.45, 7) is 1.93. The molecule has 0 unspecified atom stereocenters. The van der Waals surface area contributed by atoms with E-state index in [1.165, 1.54) is 6.42 Å². The van der Waals surface area contributed by atoms with Crippen LogP contribution in [0.1, 0.15) is 26.2 Å². The molecule has 0 fully saturated rings. The van der Waals surface area contributed by atoms with Gasteiger partial charge in [0.1, 0.15) is 6.29 Å². The van der Waals surface area contributed by atoms with E-state index in [1.807, 2.05) is 6.08 Å². The topological polar surface area (TPSA) is 37.3 Å². The second-order valence-corrected chi connectivity index (χ2v) is 2.11. The number of aliphatic hydroxyl groups excluding tert-OH is 1. The van der Waals surface area contributed by atoms with E-state index in [0.29, 0.717) is 0 Å². The van der Waals surface area contributed by atoms with Crippen LogP contribution in [0, 0.1) is 0 Å². The van der Waals surface area contributed by atoms with Crippen molar-refractivity contribution in [2.75, 3.05) is 6.61 Å². The van der Waals surface area contributed by atoms with Crippen molar-refractivity contribution in [1.82, 2.24) is 0 Å². The van der Waals surface area contributed by atoms with Crippen LogP contribution in [0.4, 0.5) is 0 Å². The monoisotopic (exact) mass is 142 g/mol. The molecule has 0 heterocycles. The van der Waals surface area contributed by atoms with E-state index >= 15 is 0 Å².